The Morgan fingerprint density at radius 2 is 2.30 bits per heavy atom. The lowest BCUT2D eigenvalue weighted by Crippen LogP contribution is -2.42. The van der Waals surface area contributed by atoms with E-state index >= 15 is 0 Å². The number of nitrogens with zero attached hydrogens (tertiary/aromatic N) is 4. The zero-order valence-electron chi connectivity index (χ0n) is 11.0. The predicted octanol–water partition coefficient (Wildman–Crippen LogP) is 0.864. The van der Waals surface area contributed by atoms with Crippen molar-refractivity contribution in [3.63, 3.8) is 0 Å². The molecule has 1 aliphatic rings. The van der Waals surface area contributed by atoms with E-state index in [2.05, 4.69) is 10.1 Å². The van der Waals surface area contributed by atoms with Crippen LogP contribution in [0, 0.1) is 0 Å². The van der Waals surface area contributed by atoms with Crippen LogP contribution >= 0.6 is 0 Å². The first-order chi connectivity index (χ1) is 9.74. The highest BCUT2D eigenvalue weighted by molar-refractivity contribution is 5.92. The van der Waals surface area contributed by atoms with Gasteiger partial charge in [0.25, 0.3) is 5.91 Å². The second-order valence-corrected chi connectivity index (χ2v) is 4.90. The third-order valence-corrected chi connectivity index (χ3v) is 3.42. The molecule has 1 fully saturated rings. The Labute approximate surface area is 116 Å². The molecule has 3 rings (SSSR count). The van der Waals surface area contributed by atoms with E-state index in [1.165, 1.54) is 0 Å². The average molecular weight is 272 g/mol. The molecule has 1 aliphatic heterocycles. The van der Waals surface area contributed by atoms with E-state index in [4.69, 9.17) is 0 Å². The number of pyridine rings is 1. The molecule has 0 spiro atoms. The molecule has 1 saturated heterocycles. The molecule has 0 bridgehead atoms. The molecule has 0 radical (unpaired) electrons. The van der Waals surface area contributed by atoms with Crippen molar-refractivity contribution in [2.75, 3.05) is 13.1 Å². The van der Waals surface area contributed by atoms with Crippen molar-refractivity contribution in [3.8, 4) is 5.69 Å². The molecule has 0 saturated carbocycles. The summed E-state index contributed by atoms with van der Waals surface area (Å²) in [6.45, 7) is 1.05. The van der Waals surface area contributed by atoms with Gasteiger partial charge in [0.2, 0.25) is 0 Å². The molecule has 0 aliphatic carbocycles. The van der Waals surface area contributed by atoms with Crippen LogP contribution in [0.15, 0.2) is 36.8 Å². The zero-order valence-corrected chi connectivity index (χ0v) is 11.0. The summed E-state index contributed by atoms with van der Waals surface area (Å²) >= 11 is 0. The summed E-state index contributed by atoms with van der Waals surface area (Å²) in [5, 5.41) is 13.8. The fourth-order valence-corrected chi connectivity index (χ4v) is 2.40. The maximum atomic E-state index is 12.4. The molecule has 1 unspecified atom stereocenters. The quantitative estimate of drug-likeness (QED) is 0.880. The van der Waals surface area contributed by atoms with Gasteiger partial charge in [0.1, 0.15) is 5.69 Å². The first-order valence-electron chi connectivity index (χ1n) is 6.67. The van der Waals surface area contributed by atoms with Gasteiger partial charge in [0.15, 0.2) is 0 Å². The van der Waals surface area contributed by atoms with Crippen LogP contribution in [-0.4, -0.2) is 49.9 Å². The minimum absolute atomic E-state index is 0.141. The van der Waals surface area contributed by atoms with Crippen LogP contribution in [0.4, 0.5) is 0 Å². The zero-order chi connectivity index (χ0) is 13.9. The summed E-state index contributed by atoms with van der Waals surface area (Å²) in [6.07, 6.45) is 6.25. The molecule has 1 N–H and O–H groups in total. The number of aromatic nitrogens is 3. The van der Waals surface area contributed by atoms with Crippen molar-refractivity contribution in [2.45, 2.75) is 18.9 Å². The standard InChI is InChI=1S/C14H16N4O2/c19-12-3-1-7-17(10-12)14(20)13-9-11(4-6-15-13)18-8-2-5-16-18/h2,4-6,8-9,12,19H,1,3,7,10H2. The van der Waals surface area contributed by atoms with Crippen LogP contribution in [-0.2, 0) is 0 Å². The van der Waals surface area contributed by atoms with Crippen molar-refractivity contribution >= 4 is 5.91 Å². The largest absolute Gasteiger partial charge is 0.391 e. The molecule has 1 amide bonds. The number of hydrogen-bond donors (Lipinski definition) is 1. The van der Waals surface area contributed by atoms with Gasteiger partial charge in [-0.2, -0.15) is 5.10 Å². The fraction of sp³-hybridized carbons (Fsp3) is 0.357. The van der Waals surface area contributed by atoms with E-state index in [9.17, 15) is 9.90 Å². The molecule has 2 aromatic heterocycles. The third kappa shape index (κ3) is 2.55. The molecule has 3 heterocycles. The van der Waals surface area contributed by atoms with Crippen LogP contribution in [0.3, 0.4) is 0 Å². The maximum Gasteiger partial charge on any atom is 0.272 e. The molecule has 1 atom stereocenters. The Kier molecular flexibility index (Phi) is 3.47. The van der Waals surface area contributed by atoms with E-state index < -0.39 is 6.10 Å². The van der Waals surface area contributed by atoms with E-state index in [1.54, 1.807) is 34.1 Å². The first kappa shape index (κ1) is 12.8. The number of carbonyl (C=O) groups excluding carboxylic acids is 1. The first-order valence-corrected chi connectivity index (χ1v) is 6.67. The maximum absolute atomic E-state index is 12.4. The number of piperidine rings is 1. The summed E-state index contributed by atoms with van der Waals surface area (Å²) in [7, 11) is 0. The Hall–Kier alpha value is -2.21. The summed E-state index contributed by atoms with van der Waals surface area (Å²) in [6, 6.07) is 5.34. The molecule has 6 heteroatoms. The predicted molar refractivity (Wildman–Crippen MR) is 72.5 cm³/mol. The number of carbonyl (C=O) groups is 1. The van der Waals surface area contributed by atoms with Crippen LogP contribution in [0.1, 0.15) is 23.3 Å². The van der Waals surface area contributed by atoms with Gasteiger partial charge in [-0.05, 0) is 31.0 Å². The van der Waals surface area contributed by atoms with Gasteiger partial charge in [0, 0.05) is 31.7 Å². The number of hydrogen-bond acceptors (Lipinski definition) is 4. The van der Waals surface area contributed by atoms with Crippen molar-refractivity contribution < 1.29 is 9.90 Å². The number of β-amino-alcohol motifs (C(OH)–C–C–N with tert-alkyl or cyclic N) is 1. The van der Waals surface area contributed by atoms with E-state index in [1.807, 2.05) is 12.3 Å². The second kappa shape index (κ2) is 5.42. The Bertz CT molecular complexity index is 597. The number of aliphatic hydroxyl groups is 1. The topological polar surface area (TPSA) is 71.2 Å². The summed E-state index contributed by atoms with van der Waals surface area (Å²) in [5.74, 6) is -0.141. The van der Waals surface area contributed by atoms with Gasteiger partial charge in [-0.3, -0.25) is 9.78 Å². The molecule has 20 heavy (non-hydrogen) atoms. The Morgan fingerprint density at radius 1 is 1.40 bits per heavy atom. The van der Waals surface area contributed by atoms with Crippen LogP contribution in [0.25, 0.3) is 5.69 Å². The SMILES string of the molecule is O=C(c1cc(-n2cccn2)ccn1)N1CCCC(O)C1. The van der Waals surface area contributed by atoms with Crippen LogP contribution in [0.5, 0.6) is 0 Å². The highest BCUT2D eigenvalue weighted by Crippen LogP contribution is 2.14. The highest BCUT2D eigenvalue weighted by Gasteiger charge is 2.24. The van der Waals surface area contributed by atoms with Crippen molar-refractivity contribution in [1.82, 2.24) is 19.7 Å². The normalized spacial score (nSPS) is 19.1. The van der Waals surface area contributed by atoms with Crippen molar-refractivity contribution in [2.24, 2.45) is 0 Å². The van der Waals surface area contributed by atoms with Crippen LogP contribution < -0.4 is 0 Å². The minimum Gasteiger partial charge on any atom is -0.391 e. The van der Waals surface area contributed by atoms with Crippen molar-refractivity contribution in [1.29, 1.82) is 0 Å². The highest BCUT2D eigenvalue weighted by atomic mass is 16.3. The third-order valence-electron chi connectivity index (χ3n) is 3.42. The van der Waals surface area contributed by atoms with E-state index in [0.29, 0.717) is 18.8 Å². The van der Waals surface area contributed by atoms with Gasteiger partial charge in [0.05, 0.1) is 11.8 Å². The lowest BCUT2D eigenvalue weighted by Gasteiger charge is -2.29. The summed E-state index contributed by atoms with van der Waals surface area (Å²) in [4.78, 5) is 18.2. The molecule has 2 aromatic rings. The number of likely N-dealkylation sites (tertiary alicyclic amines) is 1. The van der Waals surface area contributed by atoms with Gasteiger partial charge in [-0.1, -0.05) is 0 Å². The van der Waals surface area contributed by atoms with E-state index in [0.717, 1.165) is 18.5 Å². The summed E-state index contributed by atoms with van der Waals surface area (Å²) in [5.41, 5.74) is 1.18. The minimum atomic E-state index is -0.429. The molecular weight excluding hydrogens is 256 g/mol. The van der Waals surface area contributed by atoms with E-state index in [-0.39, 0.29) is 5.91 Å². The summed E-state index contributed by atoms with van der Waals surface area (Å²) < 4.78 is 1.68. The van der Waals surface area contributed by atoms with Gasteiger partial charge < -0.3 is 10.0 Å². The number of aliphatic hydroxyl groups excluding tert-OH is 1. The van der Waals surface area contributed by atoms with Gasteiger partial charge >= 0.3 is 0 Å². The number of amides is 1. The molecule has 104 valence electrons. The number of rotatable bonds is 2. The smallest absolute Gasteiger partial charge is 0.272 e. The fourth-order valence-electron chi connectivity index (χ4n) is 2.40. The lowest BCUT2D eigenvalue weighted by atomic mass is 10.1. The van der Waals surface area contributed by atoms with Gasteiger partial charge in [-0.15, -0.1) is 0 Å². The average Bonchev–Trinajstić information content (AvgIpc) is 3.01. The molecular formula is C14H16N4O2. The molecule has 0 aromatic carbocycles. The van der Waals surface area contributed by atoms with Gasteiger partial charge in [-0.25, -0.2) is 4.68 Å². The van der Waals surface area contributed by atoms with Crippen LogP contribution in [0.2, 0.25) is 0 Å². The Morgan fingerprint density at radius 3 is 3.05 bits per heavy atom. The lowest BCUT2D eigenvalue weighted by molar-refractivity contribution is 0.0469. The van der Waals surface area contributed by atoms with Crippen molar-refractivity contribution in [3.05, 3.63) is 42.5 Å². The molecule has 6 nitrogen and oxygen atoms in total. The second-order valence-electron chi connectivity index (χ2n) is 4.90. The monoisotopic (exact) mass is 272 g/mol. The Balaban J connectivity index is 1.83.